The topological polar surface area (TPSA) is 21.3 Å². The highest BCUT2D eigenvalue weighted by Crippen LogP contribution is 2.18. The van der Waals surface area contributed by atoms with Crippen LogP contribution in [0.3, 0.4) is 0 Å². The molecule has 1 aromatic rings. The molecule has 0 fully saturated rings. The van der Waals surface area contributed by atoms with Gasteiger partial charge in [-0.3, -0.25) is 0 Å². The van der Waals surface area contributed by atoms with Crippen LogP contribution < -0.4 is 10.1 Å². The number of ether oxygens (including phenoxy) is 1. The van der Waals surface area contributed by atoms with Gasteiger partial charge in [0, 0.05) is 19.0 Å². The lowest BCUT2D eigenvalue weighted by Crippen LogP contribution is -2.21. The van der Waals surface area contributed by atoms with Gasteiger partial charge in [0.25, 0.3) is 0 Å². The molecule has 0 aromatic heterocycles. The summed E-state index contributed by atoms with van der Waals surface area (Å²) in [5.74, 6) is 5.62. The van der Waals surface area contributed by atoms with E-state index in [1.165, 1.54) is 6.07 Å². The van der Waals surface area contributed by atoms with Gasteiger partial charge in [-0.05, 0) is 24.6 Å². The minimum atomic E-state index is -0.317. The summed E-state index contributed by atoms with van der Waals surface area (Å²) in [5.41, 5.74) is 0.918. The van der Waals surface area contributed by atoms with E-state index in [1.54, 1.807) is 13.0 Å². The Kier molecular flexibility index (Phi) is 6.24. The Labute approximate surface area is 109 Å². The van der Waals surface area contributed by atoms with Crippen LogP contribution in [-0.4, -0.2) is 12.6 Å². The first-order valence-electron chi connectivity index (χ1n) is 6.17. The van der Waals surface area contributed by atoms with Gasteiger partial charge < -0.3 is 10.1 Å². The Bertz CT molecular complexity index is 432. The van der Waals surface area contributed by atoms with Crippen molar-refractivity contribution in [3.05, 3.63) is 29.6 Å². The zero-order chi connectivity index (χ0) is 13.4. The van der Waals surface area contributed by atoms with Crippen molar-refractivity contribution in [2.75, 3.05) is 6.61 Å². The zero-order valence-corrected chi connectivity index (χ0v) is 11.2. The van der Waals surface area contributed by atoms with E-state index in [4.69, 9.17) is 4.74 Å². The van der Waals surface area contributed by atoms with Gasteiger partial charge in [-0.1, -0.05) is 19.9 Å². The fraction of sp³-hybridized carbons (Fsp3) is 0.467. The first-order chi connectivity index (χ1) is 8.63. The van der Waals surface area contributed by atoms with Crippen molar-refractivity contribution in [3.63, 3.8) is 0 Å². The molecule has 1 rings (SSSR count). The highest BCUT2D eigenvalue weighted by molar-refractivity contribution is 5.29. The Morgan fingerprint density at radius 2 is 2.17 bits per heavy atom. The lowest BCUT2D eigenvalue weighted by atomic mass is 10.2. The van der Waals surface area contributed by atoms with E-state index >= 15 is 0 Å². The molecule has 0 aliphatic carbocycles. The standard InChI is InChI=1S/C15H20FNO/c1-4-5-6-9-18-15-8-7-13(10-14(15)16)11-17-12(2)3/h7-8,10,12,17H,6,9,11H2,1-3H3. The van der Waals surface area contributed by atoms with E-state index in [2.05, 4.69) is 31.0 Å². The summed E-state index contributed by atoms with van der Waals surface area (Å²) >= 11 is 0. The lowest BCUT2D eigenvalue weighted by molar-refractivity contribution is 0.309. The number of hydrogen-bond acceptors (Lipinski definition) is 2. The van der Waals surface area contributed by atoms with Crippen LogP contribution in [0.2, 0.25) is 0 Å². The summed E-state index contributed by atoms with van der Waals surface area (Å²) in [6.45, 7) is 6.97. The second-order valence-corrected chi connectivity index (χ2v) is 4.33. The molecule has 0 atom stereocenters. The van der Waals surface area contributed by atoms with E-state index in [0.717, 1.165) is 5.56 Å². The molecule has 3 heteroatoms. The minimum Gasteiger partial charge on any atom is -0.490 e. The predicted molar refractivity (Wildman–Crippen MR) is 71.9 cm³/mol. The fourth-order valence-electron chi connectivity index (χ4n) is 1.43. The summed E-state index contributed by atoms with van der Waals surface area (Å²) < 4.78 is 19.0. The molecule has 0 amide bonds. The normalized spacial score (nSPS) is 10.1. The summed E-state index contributed by atoms with van der Waals surface area (Å²) in [7, 11) is 0. The van der Waals surface area contributed by atoms with Crippen molar-refractivity contribution in [2.45, 2.75) is 39.8 Å². The van der Waals surface area contributed by atoms with Gasteiger partial charge >= 0.3 is 0 Å². The van der Waals surface area contributed by atoms with Crippen molar-refractivity contribution < 1.29 is 9.13 Å². The highest BCUT2D eigenvalue weighted by atomic mass is 19.1. The van der Waals surface area contributed by atoms with Crippen LogP contribution >= 0.6 is 0 Å². The molecule has 0 saturated carbocycles. The van der Waals surface area contributed by atoms with E-state index in [0.29, 0.717) is 31.4 Å². The first-order valence-corrected chi connectivity index (χ1v) is 6.17. The molecular formula is C15H20FNO. The van der Waals surface area contributed by atoms with Crippen LogP contribution in [0.25, 0.3) is 0 Å². The Morgan fingerprint density at radius 1 is 1.39 bits per heavy atom. The molecule has 2 nitrogen and oxygen atoms in total. The molecule has 0 spiro atoms. The van der Waals surface area contributed by atoms with Gasteiger partial charge in [-0.25, -0.2) is 4.39 Å². The van der Waals surface area contributed by atoms with Crippen molar-refractivity contribution in [2.24, 2.45) is 0 Å². The summed E-state index contributed by atoms with van der Waals surface area (Å²) in [6, 6.07) is 5.44. The number of halogens is 1. The molecule has 0 saturated heterocycles. The molecule has 0 unspecified atom stereocenters. The molecule has 1 aromatic carbocycles. The SMILES string of the molecule is CC#CCCOc1ccc(CNC(C)C)cc1F. The van der Waals surface area contributed by atoms with Gasteiger partial charge in [0.15, 0.2) is 11.6 Å². The average Bonchev–Trinajstić information content (AvgIpc) is 2.34. The smallest absolute Gasteiger partial charge is 0.165 e. The molecule has 0 aliphatic rings. The maximum Gasteiger partial charge on any atom is 0.165 e. The molecule has 0 radical (unpaired) electrons. The summed E-state index contributed by atoms with van der Waals surface area (Å²) in [4.78, 5) is 0. The Morgan fingerprint density at radius 3 is 2.78 bits per heavy atom. The first kappa shape index (κ1) is 14.5. The zero-order valence-electron chi connectivity index (χ0n) is 11.2. The van der Waals surface area contributed by atoms with Crippen molar-refractivity contribution in [1.29, 1.82) is 0 Å². The summed E-state index contributed by atoms with van der Waals surface area (Å²) in [5, 5.41) is 3.24. The fourth-order valence-corrected chi connectivity index (χ4v) is 1.43. The van der Waals surface area contributed by atoms with Gasteiger partial charge in [0.2, 0.25) is 0 Å². The third-order valence-corrected chi connectivity index (χ3v) is 2.37. The van der Waals surface area contributed by atoms with Crippen LogP contribution in [0.4, 0.5) is 4.39 Å². The van der Waals surface area contributed by atoms with Crippen LogP contribution in [0.1, 0.15) is 32.8 Å². The molecule has 0 bridgehead atoms. The molecular weight excluding hydrogens is 229 g/mol. The molecule has 0 aliphatic heterocycles. The second kappa shape index (κ2) is 7.73. The van der Waals surface area contributed by atoms with Crippen LogP contribution in [0.5, 0.6) is 5.75 Å². The molecule has 0 heterocycles. The lowest BCUT2D eigenvalue weighted by Gasteiger charge is -2.10. The minimum absolute atomic E-state index is 0.293. The molecule has 1 N–H and O–H groups in total. The largest absolute Gasteiger partial charge is 0.490 e. The number of rotatable bonds is 6. The third kappa shape index (κ3) is 5.20. The number of hydrogen-bond donors (Lipinski definition) is 1. The van der Waals surface area contributed by atoms with Gasteiger partial charge in [-0.2, -0.15) is 0 Å². The molecule has 18 heavy (non-hydrogen) atoms. The predicted octanol–water partition coefficient (Wildman–Crippen LogP) is 3.12. The van der Waals surface area contributed by atoms with Crippen molar-refractivity contribution >= 4 is 0 Å². The monoisotopic (exact) mass is 249 g/mol. The van der Waals surface area contributed by atoms with E-state index in [9.17, 15) is 4.39 Å². The maximum atomic E-state index is 13.7. The van der Waals surface area contributed by atoms with E-state index in [1.807, 2.05) is 6.07 Å². The second-order valence-electron chi connectivity index (χ2n) is 4.33. The highest BCUT2D eigenvalue weighted by Gasteiger charge is 2.04. The van der Waals surface area contributed by atoms with Crippen molar-refractivity contribution in [3.8, 4) is 17.6 Å². The number of nitrogens with one attached hydrogen (secondary N) is 1. The van der Waals surface area contributed by atoms with Gasteiger partial charge in [-0.15, -0.1) is 11.8 Å². The van der Waals surface area contributed by atoms with Crippen LogP contribution in [0.15, 0.2) is 18.2 Å². The maximum absolute atomic E-state index is 13.7. The van der Waals surface area contributed by atoms with E-state index < -0.39 is 0 Å². The average molecular weight is 249 g/mol. The summed E-state index contributed by atoms with van der Waals surface area (Å²) in [6.07, 6.45) is 0.618. The van der Waals surface area contributed by atoms with Crippen LogP contribution in [0, 0.1) is 17.7 Å². The van der Waals surface area contributed by atoms with Crippen LogP contribution in [-0.2, 0) is 6.54 Å². The van der Waals surface area contributed by atoms with Gasteiger partial charge in [0.05, 0.1) is 6.61 Å². The Hall–Kier alpha value is -1.53. The number of benzene rings is 1. The van der Waals surface area contributed by atoms with Crippen molar-refractivity contribution in [1.82, 2.24) is 5.32 Å². The van der Waals surface area contributed by atoms with Gasteiger partial charge in [0.1, 0.15) is 0 Å². The Balaban J connectivity index is 2.52. The quantitative estimate of drug-likeness (QED) is 0.618. The molecule has 98 valence electrons. The third-order valence-electron chi connectivity index (χ3n) is 2.37. The van der Waals surface area contributed by atoms with E-state index in [-0.39, 0.29) is 5.82 Å².